The lowest BCUT2D eigenvalue weighted by molar-refractivity contribution is -0.616. The topological polar surface area (TPSA) is 148 Å². The van der Waals surface area contributed by atoms with Crippen LogP contribution in [0.4, 0.5) is 11.4 Å². The Morgan fingerprint density at radius 2 is 1.10 bits per heavy atom. The predicted molar refractivity (Wildman–Crippen MR) is 118 cm³/mol. The average Bonchev–Trinajstić information content (AvgIpc) is 2.72. The molecule has 0 amide bonds. The molecular weight excluding hydrogens is 400 g/mol. The lowest BCUT2D eigenvalue weighted by atomic mass is 10.1. The van der Waals surface area contributed by atoms with Gasteiger partial charge in [-0.05, 0) is 47.5 Å². The van der Waals surface area contributed by atoms with Crippen LogP contribution in [0.25, 0.3) is 12.2 Å². The van der Waals surface area contributed by atoms with Crippen molar-refractivity contribution in [2.45, 2.75) is 0 Å². The van der Waals surface area contributed by atoms with Crippen LogP contribution in [-0.2, 0) is 4.74 Å². The zero-order chi connectivity index (χ0) is 22.4. The summed E-state index contributed by atoms with van der Waals surface area (Å²) in [4.78, 5) is 20.4. The van der Waals surface area contributed by atoms with Gasteiger partial charge in [0, 0.05) is 23.5 Å². The number of rotatable bonds is 6. The molecule has 2 aromatic carbocycles. The third-order valence-electron chi connectivity index (χ3n) is 4.19. The molecule has 0 radical (unpaired) electrons. The number of nitrogens with two attached hydrogens (primary N) is 2. The van der Waals surface area contributed by atoms with Gasteiger partial charge >= 0.3 is 5.82 Å². The molecule has 0 fully saturated rings. The maximum absolute atomic E-state index is 11.2. The number of nitro groups is 2. The average molecular weight is 418 g/mol. The molecule has 0 bridgehead atoms. The number of anilines is 2. The van der Waals surface area contributed by atoms with E-state index < -0.39 is 15.7 Å². The number of hydrogen-bond donors (Lipinski definition) is 2. The quantitative estimate of drug-likeness (QED) is 0.407. The van der Waals surface area contributed by atoms with Crippen molar-refractivity contribution < 1.29 is 14.6 Å². The lowest BCUT2D eigenvalue weighted by Crippen LogP contribution is -2.13. The number of allylic oxidation sites excluding steroid dienone is 5. The minimum atomic E-state index is -1.14. The molecule has 2 aromatic rings. The van der Waals surface area contributed by atoms with Gasteiger partial charge < -0.3 is 16.2 Å². The van der Waals surface area contributed by atoms with Crippen LogP contribution < -0.4 is 11.5 Å². The monoisotopic (exact) mass is 418 g/mol. The predicted octanol–water partition coefficient (Wildman–Crippen LogP) is 4.14. The van der Waals surface area contributed by atoms with Gasteiger partial charge in [-0.3, -0.25) is 20.2 Å². The van der Waals surface area contributed by atoms with Crippen LogP contribution in [0.3, 0.4) is 0 Å². The van der Waals surface area contributed by atoms with Crippen molar-refractivity contribution in [1.29, 1.82) is 0 Å². The molecule has 0 saturated carbocycles. The summed E-state index contributed by atoms with van der Waals surface area (Å²) in [5, 5.41) is 22.4. The van der Waals surface area contributed by atoms with E-state index >= 15 is 0 Å². The van der Waals surface area contributed by atoms with Crippen molar-refractivity contribution in [3.05, 3.63) is 127 Å². The highest BCUT2D eigenvalue weighted by molar-refractivity contribution is 5.59. The first kappa shape index (κ1) is 21.1. The van der Waals surface area contributed by atoms with E-state index in [9.17, 15) is 20.2 Å². The Morgan fingerprint density at radius 1 is 0.710 bits per heavy atom. The van der Waals surface area contributed by atoms with Gasteiger partial charge in [0.05, 0.1) is 0 Å². The van der Waals surface area contributed by atoms with Crippen molar-refractivity contribution in [2.75, 3.05) is 11.5 Å². The molecule has 0 aromatic heterocycles. The Labute approximate surface area is 177 Å². The van der Waals surface area contributed by atoms with Crippen LogP contribution >= 0.6 is 0 Å². The Bertz CT molecular complexity index is 1070. The summed E-state index contributed by atoms with van der Waals surface area (Å²) in [7, 11) is 0. The number of nitrogens with zero attached hydrogens (tertiary/aromatic N) is 2. The van der Waals surface area contributed by atoms with E-state index in [0.717, 1.165) is 11.1 Å². The first-order valence-electron chi connectivity index (χ1n) is 9.03. The summed E-state index contributed by atoms with van der Waals surface area (Å²) in [6.45, 7) is 0. The molecule has 0 saturated heterocycles. The minimum absolute atomic E-state index is 0.185. The van der Waals surface area contributed by atoms with Gasteiger partial charge in [-0.2, -0.15) is 0 Å². The molecule has 156 valence electrons. The highest BCUT2D eigenvalue weighted by Crippen LogP contribution is 2.25. The van der Waals surface area contributed by atoms with Gasteiger partial charge in [-0.1, -0.05) is 36.4 Å². The zero-order valence-corrected chi connectivity index (χ0v) is 16.2. The molecule has 0 spiro atoms. The van der Waals surface area contributed by atoms with Crippen molar-refractivity contribution in [3.63, 3.8) is 0 Å². The number of ether oxygens (including phenoxy) is 1. The zero-order valence-electron chi connectivity index (χ0n) is 16.2. The van der Waals surface area contributed by atoms with Crippen LogP contribution in [0.5, 0.6) is 0 Å². The van der Waals surface area contributed by atoms with Gasteiger partial charge in [0.25, 0.3) is 0 Å². The van der Waals surface area contributed by atoms with Crippen LogP contribution in [0.15, 0.2) is 95.7 Å². The Hall–Kier alpha value is -4.66. The fraction of sp³-hybridized carbons (Fsp3) is 0. The SMILES string of the molecule is Nc1ccc(/C=C/C2=CC(=C([N+](=O)[O-])[N+](=O)[O-])C=C(/C=C/c3ccc(N)cc3)O2)cc1. The van der Waals surface area contributed by atoms with Gasteiger partial charge in [-0.15, -0.1) is 0 Å². The van der Waals surface area contributed by atoms with Gasteiger partial charge in [0.1, 0.15) is 26.9 Å². The molecule has 1 aliphatic heterocycles. The van der Waals surface area contributed by atoms with E-state index in [2.05, 4.69) is 0 Å². The maximum atomic E-state index is 11.2. The van der Waals surface area contributed by atoms with Crippen LogP contribution in [0.1, 0.15) is 11.1 Å². The minimum Gasteiger partial charge on any atom is -0.457 e. The molecular formula is C22H18N4O5. The molecule has 3 rings (SSSR count). The summed E-state index contributed by atoms with van der Waals surface area (Å²) >= 11 is 0. The maximum Gasteiger partial charge on any atom is 0.566 e. The van der Waals surface area contributed by atoms with Crippen LogP contribution in [0, 0.1) is 20.2 Å². The highest BCUT2D eigenvalue weighted by atomic mass is 16.7. The van der Waals surface area contributed by atoms with Crippen molar-refractivity contribution >= 4 is 23.5 Å². The third-order valence-corrected chi connectivity index (χ3v) is 4.19. The molecule has 0 atom stereocenters. The summed E-state index contributed by atoms with van der Waals surface area (Å²) in [5.41, 5.74) is 14.0. The molecule has 9 nitrogen and oxygen atoms in total. The molecule has 1 aliphatic rings. The molecule has 0 unspecified atom stereocenters. The van der Waals surface area contributed by atoms with Crippen LogP contribution in [0.2, 0.25) is 0 Å². The van der Waals surface area contributed by atoms with Gasteiger partial charge in [0.15, 0.2) is 0 Å². The molecule has 31 heavy (non-hydrogen) atoms. The summed E-state index contributed by atoms with van der Waals surface area (Å²) < 4.78 is 5.74. The summed E-state index contributed by atoms with van der Waals surface area (Å²) in [5.74, 6) is -0.736. The summed E-state index contributed by atoms with van der Waals surface area (Å²) in [6.07, 6.45) is 9.02. The fourth-order valence-corrected chi connectivity index (χ4v) is 2.69. The number of hydrogen-bond acceptors (Lipinski definition) is 7. The standard InChI is InChI=1S/C22H18N4O5/c23-18-7-1-15(2-8-18)5-11-20-13-17(22(25(27)28)26(29)30)14-21(31-20)12-6-16-3-9-19(24)10-4-16/h1-14H,23-24H2/b11-5+,12-6+. The smallest absolute Gasteiger partial charge is 0.457 e. The van der Waals surface area contributed by atoms with Crippen molar-refractivity contribution in [3.8, 4) is 0 Å². The van der Waals surface area contributed by atoms with Crippen molar-refractivity contribution in [1.82, 2.24) is 0 Å². The second-order valence-corrected chi connectivity index (χ2v) is 6.49. The Kier molecular flexibility index (Phi) is 6.27. The second kappa shape index (κ2) is 9.23. The van der Waals surface area contributed by atoms with E-state index in [1.807, 2.05) is 0 Å². The Morgan fingerprint density at radius 3 is 1.45 bits per heavy atom. The number of nitrogen functional groups attached to an aromatic ring is 2. The van der Waals surface area contributed by atoms with E-state index in [0.29, 0.717) is 11.4 Å². The largest absolute Gasteiger partial charge is 0.566 e. The Balaban J connectivity index is 1.96. The van der Waals surface area contributed by atoms with E-state index in [1.54, 1.807) is 72.8 Å². The first-order chi connectivity index (χ1) is 14.8. The second-order valence-electron chi connectivity index (χ2n) is 6.49. The number of benzene rings is 2. The fourth-order valence-electron chi connectivity index (χ4n) is 2.69. The van der Waals surface area contributed by atoms with Crippen molar-refractivity contribution in [2.24, 2.45) is 0 Å². The normalized spacial score (nSPS) is 13.6. The molecule has 4 N–H and O–H groups in total. The first-order valence-corrected chi connectivity index (χ1v) is 9.03. The molecule has 1 heterocycles. The van der Waals surface area contributed by atoms with E-state index in [4.69, 9.17) is 16.2 Å². The molecule has 0 aliphatic carbocycles. The summed E-state index contributed by atoms with van der Waals surface area (Å²) in [6, 6.07) is 14.0. The third kappa shape index (κ3) is 5.67. The lowest BCUT2D eigenvalue weighted by Gasteiger charge is -2.12. The van der Waals surface area contributed by atoms with E-state index in [-0.39, 0.29) is 17.1 Å². The van der Waals surface area contributed by atoms with Gasteiger partial charge in [0.2, 0.25) is 0 Å². The van der Waals surface area contributed by atoms with E-state index in [1.165, 1.54) is 12.2 Å². The molecule has 9 heteroatoms. The van der Waals surface area contributed by atoms with Gasteiger partial charge in [-0.25, -0.2) is 0 Å². The highest BCUT2D eigenvalue weighted by Gasteiger charge is 2.31. The van der Waals surface area contributed by atoms with Crippen LogP contribution in [-0.4, -0.2) is 9.85 Å².